The van der Waals surface area contributed by atoms with Crippen LogP contribution in [0.25, 0.3) is 22.3 Å². The summed E-state index contributed by atoms with van der Waals surface area (Å²) >= 11 is 0. The van der Waals surface area contributed by atoms with Crippen LogP contribution >= 0.6 is 0 Å². The van der Waals surface area contributed by atoms with Gasteiger partial charge in [-0.1, -0.05) is 0 Å². The van der Waals surface area contributed by atoms with Crippen molar-refractivity contribution in [3.63, 3.8) is 0 Å². The third kappa shape index (κ3) is 4.53. The maximum absolute atomic E-state index is 12.3. The first-order chi connectivity index (χ1) is 13.8. The SMILES string of the molecule is C[C@@H](NCC(F)(F)F)C(=O)Nc1cncc(-c2c[nH]c3ncc(C4CC4)cc23)n1. The van der Waals surface area contributed by atoms with Crippen LogP contribution in [0.1, 0.15) is 31.2 Å². The first-order valence-corrected chi connectivity index (χ1v) is 9.20. The lowest BCUT2D eigenvalue weighted by molar-refractivity contribution is -0.129. The molecule has 0 aliphatic heterocycles. The van der Waals surface area contributed by atoms with E-state index in [0.717, 1.165) is 29.4 Å². The minimum absolute atomic E-state index is 0.161. The number of H-pyrrole nitrogens is 1. The predicted molar refractivity (Wildman–Crippen MR) is 101 cm³/mol. The lowest BCUT2D eigenvalue weighted by Crippen LogP contribution is -2.42. The molecule has 29 heavy (non-hydrogen) atoms. The Labute approximate surface area is 164 Å². The third-order valence-electron chi connectivity index (χ3n) is 4.76. The van der Waals surface area contributed by atoms with Gasteiger partial charge in [-0.25, -0.2) is 9.97 Å². The summed E-state index contributed by atoms with van der Waals surface area (Å²) in [6, 6.07) is 1.04. The van der Waals surface area contributed by atoms with E-state index < -0.39 is 24.7 Å². The van der Waals surface area contributed by atoms with Crippen molar-refractivity contribution < 1.29 is 18.0 Å². The van der Waals surface area contributed by atoms with Gasteiger partial charge < -0.3 is 10.3 Å². The molecule has 1 atom stereocenters. The lowest BCUT2D eigenvalue weighted by Gasteiger charge is -2.15. The molecule has 3 N–H and O–H groups in total. The molecule has 0 bridgehead atoms. The number of amides is 1. The van der Waals surface area contributed by atoms with Crippen molar-refractivity contribution in [3.05, 3.63) is 36.4 Å². The molecule has 0 saturated heterocycles. The second kappa shape index (κ2) is 7.43. The second-order valence-electron chi connectivity index (χ2n) is 7.14. The van der Waals surface area contributed by atoms with Crippen molar-refractivity contribution in [2.75, 3.05) is 11.9 Å². The fraction of sp³-hybridized carbons (Fsp3) is 0.368. The maximum atomic E-state index is 12.3. The fourth-order valence-electron chi connectivity index (χ4n) is 3.02. The number of carbonyl (C=O) groups excluding carboxylic acids is 1. The van der Waals surface area contributed by atoms with Gasteiger partial charge in [-0.05, 0) is 37.3 Å². The summed E-state index contributed by atoms with van der Waals surface area (Å²) in [6.07, 6.45) is 4.49. The summed E-state index contributed by atoms with van der Waals surface area (Å²) in [5, 5.41) is 5.54. The molecular weight excluding hydrogens is 385 g/mol. The molecule has 152 valence electrons. The van der Waals surface area contributed by atoms with Gasteiger partial charge in [0, 0.05) is 23.3 Å². The van der Waals surface area contributed by atoms with Crippen LogP contribution in [-0.4, -0.2) is 44.6 Å². The van der Waals surface area contributed by atoms with E-state index in [1.54, 1.807) is 12.4 Å². The summed E-state index contributed by atoms with van der Waals surface area (Å²) in [6.45, 7) is 0.0993. The van der Waals surface area contributed by atoms with E-state index >= 15 is 0 Å². The van der Waals surface area contributed by atoms with Gasteiger partial charge in [0.1, 0.15) is 5.65 Å². The Morgan fingerprint density at radius 2 is 2.10 bits per heavy atom. The number of halogens is 3. The van der Waals surface area contributed by atoms with E-state index in [9.17, 15) is 18.0 Å². The van der Waals surface area contributed by atoms with E-state index in [1.165, 1.54) is 18.7 Å². The third-order valence-corrected chi connectivity index (χ3v) is 4.76. The number of alkyl halides is 3. The van der Waals surface area contributed by atoms with Crippen LogP contribution < -0.4 is 10.6 Å². The van der Waals surface area contributed by atoms with E-state index in [1.807, 2.05) is 6.20 Å². The Morgan fingerprint density at radius 3 is 2.83 bits per heavy atom. The monoisotopic (exact) mass is 404 g/mol. The number of fused-ring (bicyclic) bond motifs is 1. The molecule has 7 nitrogen and oxygen atoms in total. The highest BCUT2D eigenvalue weighted by Crippen LogP contribution is 2.41. The van der Waals surface area contributed by atoms with E-state index in [2.05, 4.69) is 36.6 Å². The minimum Gasteiger partial charge on any atom is -0.345 e. The maximum Gasteiger partial charge on any atom is 0.401 e. The van der Waals surface area contributed by atoms with Gasteiger partial charge in [-0.15, -0.1) is 0 Å². The van der Waals surface area contributed by atoms with Gasteiger partial charge in [-0.3, -0.25) is 15.1 Å². The second-order valence-corrected chi connectivity index (χ2v) is 7.14. The molecule has 0 radical (unpaired) electrons. The zero-order chi connectivity index (χ0) is 20.6. The van der Waals surface area contributed by atoms with Crippen LogP contribution in [0.15, 0.2) is 30.9 Å². The Bertz CT molecular complexity index is 1040. The van der Waals surface area contributed by atoms with Crippen molar-refractivity contribution in [1.29, 1.82) is 0 Å². The van der Waals surface area contributed by atoms with Crippen molar-refractivity contribution in [1.82, 2.24) is 25.3 Å². The van der Waals surface area contributed by atoms with Crippen LogP contribution in [-0.2, 0) is 4.79 Å². The summed E-state index contributed by atoms with van der Waals surface area (Å²) in [7, 11) is 0. The van der Waals surface area contributed by atoms with Gasteiger partial charge >= 0.3 is 6.18 Å². The number of carbonyl (C=O) groups is 1. The molecule has 10 heteroatoms. The molecule has 0 spiro atoms. The summed E-state index contributed by atoms with van der Waals surface area (Å²) < 4.78 is 36.9. The van der Waals surface area contributed by atoms with Crippen molar-refractivity contribution in [2.45, 2.75) is 37.9 Å². The largest absolute Gasteiger partial charge is 0.401 e. The van der Waals surface area contributed by atoms with E-state index in [4.69, 9.17) is 0 Å². The average Bonchev–Trinajstić information content (AvgIpc) is 3.44. The normalized spacial score (nSPS) is 15.4. The lowest BCUT2D eigenvalue weighted by atomic mass is 10.1. The van der Waals surface area contributed by atoms with Gasteiger partial charge in [0.05, 0.1) is 30.7 Å². The van der Waals surface area contributed by atoms with Gasteiger partial charge in [0.15, 0.2) is 5.82 Å². The molecule has 1 saturated carbocycles. The van der Waals surface area contributed by atoms with Crippen LogP contribution in [0.2, 0.25) is 0 Å². The van der Waals surface area contributed by atoms with Gasteiger partial charge in [0.25, 0.3) is 0 Å². The molecule has 0 unspecified atom stereocenters. The number of aromatic amines is 1. The van der Waals surface area contributed by atoms with Crippen LogP contribution in [0.3, 0.4) is 0 Å². The number of rotatable bonds is 6. The summed E-state index contributed by atoms with van der Waals surface area (Å²) in [4.78, 5) is 28.2. The Morgan fingerprint density at radius 1 is 1.31 bits per heavy atom. The zero-order valence-electron chi connectivity index (χ0n) is 15.5. The molecule has 3 heterocycles. The smallest absolute Gasteiger partial charge is 0.345 e. The van der Waals surface area contributed by atoms with Crippen LogP contribution in [0, 0.1) is 0 Å². The molecule has 1 aliphatic rings. The standard InChI is InChI=1S/C19H19F3N6O/c1-10(26-9-19(20,21)22)18(29)28-16-8-23-7-15(27-16)14-6-25-17-13(14)4-12(5-24-17)11-2-3-11/h4-8,10-11,26H,2-3,9H2,1H3,(H,24,25)(H,27,28,29)/t10-/m1/s1. The fourth-order valence-corrected chi connectivity index (χ4v) is 3.02. The first kappa shape index (κ1) is 19.3. The van der Waals surface area contributed by atoms with Crippen molar-refractivity contribution in [3.8, 4) is 11.3 Å². The highest BCUT2D eigenvalue weighted by molar-refractivity contribution is 5.95. The predicted octanol–water partition coefficient (Wildman–Crippen LogP) is 3.38. The molecule has 3 aromatic rings. The molecule has 3 aromatic heterocycles. The average molecular weight is 404 g/mol. The number of pyridine rings is 1. The molecule has 1 amide bonds. The Hall–Kier alpha value is -3.01. The Kier molecular flexibility index (Phi) is 4.95. The van der Waals surface area contributed by atoms with Crippen LogP contribution in [0.5, 0.6) is 0 Å². The first-order valence-electron chi connectivity index (χ1n) is 9.20. The number of anilines is 1. The molecule has 4 rings (SSSR count). The number of aromatic nitrogens is 4. The Balaban J connectivity index is 1.52. The molecule has 1 aliphatic carbocycles. The quantitative estimate of drug-likeness (QED) is 0.586. The number of hydrogen-bond acceptors (Lipinski definition) is 5. The molecule has 1 fully saturated rings. The molecule has 0 aromatic carbocycles. The van der Waals surface area contributed by atoms with Crippen LogP contribution in [0.4, 0.5) is 19.0 Å². The summed E-state index contributed by atoms with van der Waals surface area (Å²) in [5.41, 5.74) is 3.23. The van der Waals surface area contributed by atoms with Gasteiger partial charge in [0.2, 0.25) is 5.91 Å². The van der Waals surface area contributed by atoms with Crippen molar-refractivity contribution >= 4 is 22.8 Å². The highest BCUT2D eigenvalue weighted by atomic mass is 19.4. The number of nitrogens with one attached hydrogen (secondary N) is 3. The minimum atomic E-state index is -4.39. The number of hydrogen-bond donors (Lipinski definition) is 3. The zero-order valence-corrected chi connectivity index (χ0v) is 15.5. The highest BCUT2D eigenvalue weighted by Gasteiger charge is 2.29. The van der Waals surface area contributed by atoms with E-state index in [0.29, 0.717) is 11.6 Å². The van der Waals surface area contributed by atoms with Gasteiger partial charge in [-0.2, -0.15) is 13.2 Å². The number of nitrogens with zero attached hydrogens (tertiary/aromatic N) is 3. The topological polar surface area (TPSA) is 95.6 Å². The van der Waals surface area contributed by atoms with E-state index in [-0.39, 0.29) is 5.82 Å². The summed E-state index contributed by atoms with van der Waals surface area (Å²) in [5.74, 6) is 0.0863. The van der Waals surface area contributed by atoms with Crippen molar-refractivity contribution in [2.24, 2.45) is 0 Å². The molecular formula is C19H19F3N6O.